The largest absolute Gasteiger partial charge is 0.368 e. The molecule has 0 aromatic carbocycles. The van der Waals surface area contributed by atoms with Crippen LogP contribution in [-0.4, -0.2) is 55.7 Å². The van der Waals surface area contributed by atoms with Gasteiger partial charge in [-0.2, -0.15) is 5.10 Å². The molecule has 1 atom stereocenters. The van der Waals surface area contributed by atoms with Crippen molar-refractivity contribution in [3.63, 3.8) is 0 Å². The molecule has 1 fully saturated rings. The Bertz CT molecular complexity index is 1070. The van der Waals surface area contributed by atoms with Gasteiger partial charge in [0.25, 0.3) is 5.91 Å². The summed E-state index contributed by atoms with van der Waals surface area (Å²) in [5.74, 6) is 0.0380. The van der Waals surface area contributed by atoms with Crippen LogP contribution >= 0.6 is 11.8 Å². The molecule has 4 N–H and O–H groups in total. The zero-order valence-corrected chi connectivity index (χ0v) is 18.9. The zero-order valence-electron chi connectivity index (χ0n) is 18.1. The molecule has 1 aliphatic carbocycles. The molecule has 0 bridgehead atoms. The maximum absolute atomic E-state index is 13.3. The Kier molecular flexibility index (Phi) is 4.93. The molecule has 1 unspecified atom stereocenters. The number of aryl methyl sites for hydroxylation is 1. The summed E-state index contributed by atoms with van der Waals surface area (Å²) in [4.78, 5) is 24.3. The Labute approximate surface area is 185 Å². The van der Waals surface area contributed by atoms with Gasteiger partial charge in [-0.25, -0.2) is 9.97 Å². The Morgan fingerprint density at radius 2 is 2.16 bits per heavy atom. The summed E-state index contributed by atoms with van der Waals surface area (Å²) in [5.41, 5.74) is 10.5. The van der Waals surface area contributed by atoms with Gasteiger partial charge in [-0.05, 0) is 48.7 Å². The minimum Gasteiger partial charge on any atom is -0.368 e. The van der Waals surface area contributed by atoms with E-state index in [-0.39, 0.29) is 22.8 Å². The van der Waals surface area contributed by atoms with E-state index >= 15 is 0 Å². The van der Waals surface area contributed by atoms with E-state index in [1.807, 2.05) is 7.05 Å². The van der Waals surface area contributed by atoms with Crippen LogP contribution < -0.4 is 16.4 Å². The monoisotopic (exact) mass is 440 g/mol. The van der Waals surface area contributed by atoms with Gasteiger partial charge < -0.3 is 16.4 Å². The highest BCUT2D eigenvalue weighted by atomic mass is 32.2. The van der Waals surface area contributed by atoms with Gasteiger partial charge in [0.1, 0.15) is 0 Å². The Morgan fingerprint density at radius 3 is 2.94 bits per heavy atom. The van der Waals surface area contributed by atoms with Gasteiger partial charge in [-0.15, -0.1) is 0 Å². The van der Waals surface area contributed by atoms with E-state index in [1.54, 1.807) is 22.6 Å². The third-order valence-corrected chi connectivity index (χ3v) is 7.13. The van der Waals surface area contributed by atoms with E-state index in [1.165, 1.54) is 12.8 Å². The molecule has 31 heavy (non-hydrogen) atoms. The molecule has 10 heteroatoms. The number of thioether (sulfide) groups is 1. The first-order chi connectivity index (χ1) is 14.8. The minimum atomic E-state index is -0.280. The molecule has 0 radical (unpaired) electrons. The Balaban J connectivity index is 1.37. The molecule has 4 heterocycles. The average molecular weight is 441 g/mol. The van der Waals surface area contributed by atoms with Gasteiger partial charge in [0.15, 0.2) is 11.2 Å². The second-order valence-corrected chi connectivity index (χ2v) is 10.1. The van der Waals surface area contributed by atoms with Crippen LogP contribution in [0, 0.1) is 0 Å². The number of rotatable bonds is 4. The van der Waals surface area contributed by atoms with Crippen LogP contribution in [0.3, 0.4) is 0 Å². The van der Waals surface area contributed by atoms with Crippen LogP contribution in [0.5, 0.6) is 0 Å². The summed E-state index contributed by atoms with van der Waals surface area (Å²) < 4.78 is 1.74. The number of nitrogens with two attached hydrogens (primary N) is 1. The van der Waals surface area contributed by atoms with Gasteiger partial charge in [-0.3, -0.25) is 14.4 Å². The van der Waals surface area contributed by atoms with Gasteiger partial charge in [0.05, 0.1) is 11.4 Å². The van der Waals surface area contributed by atoms with Gasteiger partial charge in [-0.1, -0.05) is 25.6 Å². The number of hydrogen-bond acceptors (Lipinski definition) is 8. The number of nitrogen functional groups attached to an aromatic ring is 1. The second-order valence-electron chi connectivity index (χ2n) is 9.12. The normalized spacial score (nSPS) is 21.9. The molecule has 2 aromatic heterocycles. The second kappa shape index (κ2) is 7.52. The molecule has 9 nitrogen and oxygen atoms in total. The summed E-state index contributed by atoms with van der Waals surface area (Å²) in [6, 6.07) is 0. The van der Waals surface area contributed by atoms with E-state index in [9.17, 15) is 4.79 Å². The first kappa shape index (κ1) is 20.3. The fraction of sp³-hybridized carbons (Fsp3) is 0.524. The fourth-order valence-corrected chi connectivity index (χ4v) is 5.66. The maximum Gasteiger partial charge on any atom is 0.274 e. The van der Waals surface area contributed by atoms with Crippen molar-refractivity contribution < 1.29 is 4.79 Å². The predicted molar refractivity (Wildman–Crippen MR) is 121 cm³/mol. The van der Waals surface area contributed by atoms with Crippen molar-refractivity contribution in [2.75, 3.05) is 25.4 Å². The quantitative estimate of drug-likeness (QED) is 0.657. The number of carbonyl (C=O) groups is 1. The average Bonchev–Trinajstić information content (AvgIpc) is 3.44. The molecule has 5 rings (SSSR count). The first-order valence-corrected chi connectivity index (χ1v) is 11.6. The van der Waals surface area contributed by atoms with E-state index in [2.05, 4.69) is 49.9 Å². The molecule has 3 aliphatic rings. The van der Waals surface area contributed by atoms with E-state index in [0.29, 0.717) is 5.69 Å². The number of nitrogens with one attached hydrogen (secondary N) is 2. The predicted octanol–water partition coefficient (Wildman–Crippen LogP) is 1.58. The highest BCUT2D eigenvalue weighted by Gasteiger charge is 2.40. The molecule has 1 amide bonds. The van der Waals surface area contributed by atoms with Crippen LogP contribution in [-0.2, 0) is 18.9 Å². The lowest BCUT2D eigenvalue weighted by atomic mass is 9.73. The van der Waals surface area contributed by atoms with E-state index in [4.69, 9.17) is 5.73 Å². The molecule has 164 valence electrons. The third-order valence-electron chi connectivity index (χ3n) is 6.20. The Hall–Kier alpha value is -2.59. The number of carbonyl (C=O) groups excluding carboxylic acids is 1. The summed E-state index contributed by atoms with van der Waals surface area (Å²) in [7, 11) is 1.84. The number of aromatic nitrogens is 4. The van der Waals surface area contributed by atoms with E-state index in [0.717, 1.165) is 54.3 Å². The number of fused-ring (bicyclic) bond motifs is 3. The lowest BCUT2D eigenvalue weighted by Crippen LogP contribution is -2.42. The molecule has 2 aliphatic heterocycles. The lowest BCUT2D eigenvalue weighted by molar-refractivity contribution is 0.0939. The molecule has 0 spiro atoms. The maximum atomic E-state index is 13.3. The van der Waals surface area contributed by atoms with Crippen molar-refractivity contribution in [2.45, 2.75) is 44.0 Å². The summed E-state index contributed by atoms with van der Waals surface area (Å²) in [6.45, 7) is 7.45. The molecule has 1 saturated heterocycles. The zero-order chi connectivity index (χ0) is 21.8. The molecule has 0 saturated carbocycles. The topological polar surface area (TPSA) is 114 Å². The number of likely N-dealkylation sites (tertiary alicyclic amines) is 1. The lowest BCUT2D eigenvalue weighted by Gasteiger charge is -2.31. The summed E-state index contributed by atoms with van der Waals surface area (Å²) in [6.07, 6.45) is 5.03. The number of hydrogen-bond donors (Lipinski definition) is 3. The van der Waals surface area contributed by atoms with Crippen molar-refractivity contribution in [1.82, 2.24) is 35.3 Å². The standard InChI is InChI=1S/C21H28N8OS/c1-21(2)8-12-9-23-19(22)25-15(12)17-14(21)16(27-28(17)3)18(30)26-20-24-13(11-31-20)10-29-6-4-5-7-29/h9,11,20,24H,4-8,10H2,1-3H3,(H,26,30)(H2,22,23,25). The van der Waals surface area contributed by atoms with Crippen LogP contribution in [0.25, 0.3) is 11.4 Å². The van der Waals surface area contributed by atoms with Crippen molar-refractivity contribution >= 4 is 23.6 Å². The Morgan fingerprint density at radius 1 is 1.39 bits per heavy atom. The third kappa shape index (κ3) is 3.67. The molecular formula is C21H28N8OS. The smallest absolute Gasteiger partial charge is 0.274 e. The van der Waals surface area contributed by atoms with Gasteiger partial charge >= 0.3 is 0 Å². The van der Waals surface area contributed by atoms with Crippen molar-refractivity contribution in [3.05, 3.63) is 34.1 Å². The van der Waals surface area contributed by atoms with Crippen LogP contribution in [0.15, 0.2) is 17.3 Å². The van der Waals surface area contributed by atoms with E-state index < -0.39 is 0 Å². The number of anilines is 1. The van der Waals surface area contributed by atoms with Crippen LogP contribution in [0.1, 0.15) is 48.3 Å². The van der Waals surface area contributed by atoms with Gasteiger partial charge in [0.2, 0.25) is 5.95 Å². The highest BCUT2D eigenvalue weighted by molar-refractivity contribution is 8.02. The van der Waals surface area contributed by atoms with Gasteiger partial charge in [0, 0.05) is 31.0 Å². The van der Waals surface area contributed by atoms with Crippen molar-refractivity contribution in [1.29, 1.82) is 0 Å². The van der Waals surface area contributed by atoms with Crippen LogP contribution in [0.2, 0.25) is 0 Å². The number of nitrogens with zero attached hydrogens (tertiary/aromatic N) is 5. The molecule has 2 aromatic rings. The summed E-state index contributed by atoms with van der Waals surface area (Å²) in [5, 5.41) is 13.2. The SMILES string of the molecule is Cn1nc(C(=O)NC2NC(CN3CCCC3)=CS2)c2c1-c1nc(N)ncc1CC2(C)C. The minimum absolute atomic E-state index is 0.184. The fourth-order valence-electron chi connectivity index (χ4n) is 4.82. The van der Waals surface area contributed by atoms with Crippen LogP contribution in [0.4, 0.5) is 5.95 Å². The highest BCUT2D eigenvalue weighted by Crippen LogP contribution is 2.43. The summed E-state index contributed by atoms with van der Waals surface area (Å²) >= 11 is 1.59. The van der Waals surface area contributed by atoms with Crippen molar-refractivity contribution in [2.24, 2.45) is 7.05 Å². The molecular weight excluding hydrogens is 412 g/mol. The van der Waals surface area contributed by atoms with Crippen molar-refractivity contribution in [3.8, 4) is 11.4 Å². The number of amides is 1. The first-order valence-electron chi connectivity index (χ1n) is 10.7.